The van der Waals surface area contributed by atoms with Crippen molar-refractivity contribution in [3.8, 4) is 0 Å². The number of hydrogen-bond acceptors (Lipinski definition) is 5. The molecule has 0 aromatic heterocycles. The molecule has 0 atom stereocenters. The van der Waals surface area contributed by atoms with Gasteiger partial charge in [-0.3, -0.25) is 19.7 Å². The predicted molar refractivity (Wildman–Crippen MR) is 117 cm³/mol. The number of nitrogens with one attached hydrogen (secondary N) is 2. The SMILES string of the molecule is CC(=O)Nc1ccc(NC(=O)C2CCN(c3ccc(C(F)(F)F)cc3[N+](=O)[O-])CC2)c(Cl)c1. The molecule has 1 fully saturated rings. The van der Waals surface area contributed by atoms with E-state index < -0.39 is 28.3 Å². The summed E-state index contributed by atoms with van der Waals surface area (Å²) in [5.74, 6) is -0.950. The van der Waals surface area contributed by atoms with Crippen LogP contribution in [0.1, 0.15) is 25.3 Å². The lowest BCUT2D eigenvalue weighted by atomic mass is 9.95. The number of halogens is 4. The van der Waals surface area contributed by atoms with Gasteiger partial charge in [-0.15, -0.1) is 0 Å². The van der Waals surface area contributed by atoms with Crippen LogP contribution in [-0.2, 0) is 15.8 Å². The zero-order valence-corrected chi connectivity index (χ0v) is 18.2. The van der Waals surface area contributed by atoms with Gasteiger partial charge < -0.3 is 15.5 Å². The Morgan fingerprint density at radius 3 is 2.33 bits per heavy atom. The minimum atomic E-state index is -4.68. The van der Waals surface area contributed by atoms with Crippen LogP contribution in [0.15, 0.2) is 36.4 Å². The molecular weight excluding hydrogens is 465 g/mol. The summed E-state index contributed by atoms with van der Waals surface area (Å²) in [6.45, 7) is 1.88. The van der Waals surface area contributed by atoms with E-state index in [9.17, 15) is 32.9 Å². The van der Waals surface area contributed by atoms with Gasteiger partial charge in [-0.05, 0) is 43.2 Å². The van der Waals surface area contributed by atoms with Gasteiger partial charge in [0.05, 0.1) is 21.2 Å². The molecule has 2 amide bonds. The number of hydrogen-bond donors (Lipinski definition) is 2. The van der Waals surface area contributed by atoms with Crippen molar-refractivity contribution in [1.29, 1.82) is 0 Å². The van der Waals surface area contributed by atoms with Gasteiger partial charge in [-0.2, -0.15) is 13.2 Å². The van der Waals surface area contributed by atoms with E-state index in [1.54, 1.807) is 17.0 Å². The summed E-state index contributed by atoms with van der Waals surface area (Å²) in [6, 6.07) is 7.10. The summed E-state index contributed by atoms with van der Waals surface area (Å²) >= 11 is 6.17. The Morgan fingerprint density at radius 2 is 1.79 bits per heavy atom. The third-order valence-electron chi connectivity index (χ3n) is 5.25. The van der Waals surface area contributed by atoms with E-state index in [2.05, 4.69) is 10.6 Å². The summed E-state index contributed by atoms with van der Waals surface area (Å²) in [6.07, 6.45) is -3.98. The maximum atomic E-state index is 12.9. The van der Waals surface area contributed by atoms with Crippen molar-refractivity contribution in [1.82, 2.24) is 0 Å². The molecule has 33 heavy (non-hydrogen) atoms. The Kier molecular flexibility index (Phi) is 7.11. The average Bonchev–Trinajstić information content (AvgIpc) is 2.74. The minimum absolute atomic E-state index is 0.0865. The molecule has 0 aliphatic carbocycles. The second-order valence-corrected chi connectivity index (χ2v) is 7.99. The fourth-order valence-electron chi connectivity index (χ4n) is 3.63. The van der Waals surface area contributed by atoms with Gasteiger partial charge in [-0.25, -0.2) is 0 Å². The van der Waals surface area contributed by atoms with E-state index in [0.717, 1.165) is 12.1 Å². The van der Waals surface area contributed by atoms with E-state index in [0.29, 0.717) is 30.3 Å². The number of alkyl halides is 3. The molecule has 0 unspecified atom stereocenters. The summed E-state index contributed by atoms with van der Waals surface area (Å²) in [5.41, 5.74) is -0.774. The second kappa shape index (κ2) is 9.65. The van der Waals surface area contributed by atoms with Gasteiger partial charge in [-0.1, -0.05) is 11.6 Å². The summed E-state index contributed by atoms with van der Waals surface area (Å²) in [4.78, 5) is 35.9. The van der Waals surface area contributed by atoms with E-state index in [4.69, 9.17) is 11.6 Å². The highest BCUT2D eigenvalue weighted by atomic mass is 35.5. The summed E-state index contributed by atoms with van der Waals surface area (Å²) in [7, 11) is 0. The van der Waals surface area contributed by atoms with Crippen molar-refractivity contribution in [3.63, 3.8) is 0 Å². The molecule has 2 aromatic carbocycles. The Morgan fingerprint density at radius 1 is 1.12 bits per heavy atom. The number of piperidine rings is 1. The monoisotopic (exact) mass is 484 g/mol. The van der Waals surface area contributed by atoms with Crippen LogP contribution in [0.3, 0.4) is 0 Å². The number of rotatable bonds is 5. The van der Waals surface area contributed by atoms with E-state index in [1.165, 1.54) is 13.0 Å². The first-order valence-corrected chi connectivity index (χ1v) is 10.3. The van der Waals surface area contributed by atoms with Crippen LogP contribution >= 0.6 is 11.6 Å². The molecule has 1 heterocycles. The standard InChI is InChI=1S/C21H20ClF3N4O4/c1-12(30)26-15-3-4-17(16(22)11-15)27-20(31)13-6-8-28(9-7-13)18-5-2-14(21(23,24)25)10-19(18)29(32)33/h2-5,10-11,13H,6-9H2,1H3,(H,26,30)(H,27,31). The van der Waals surface area contributed by atoms with Gasteiger partial charge >= 0.3 is 6.18 Å². The lowest BCUT2D eigenvalue weighted by Crippen LogP contribution is -2.38. The molecule has 12 heteroatoms. The van der Waals surface area contributed by atoms with Crippen LogP contribution in [0.2, 0.25) is 5.02 Å². The Labute approximate surface area is 191 Å². The number of nitro benzene ring substituents is 1. The Bertz CT molecular complexity index is 1090. The zero-order chi connectivity index (χ0) is 24.3. The van der Waals surface area contributed by atoms with Crippen LogP contribution in [0.4, 0.5) is 35.9 Å². The topological polar surface area (TPSA) is 105 Å². The molecule has 1 aliphatic rings. The largest absolute Gasteiger partial charge is 0.416 e. The Balaban J connectivity index is 1.66. The smallest absolute Gasteiger partial charge is 0.366 e. The molecule has 3 rings (SSSR count). The van der Waals surface area contributed by atoms with E-state index in [1.807, 2.05) is 0 Å². The number of benzene rings is 2. The van der Waals surface area contributed by atoms with Crippen molar-refractivity contribution in [2.24, 2.45) is 5.92 Å². The molecule has 176 valence electrons. The fraction of sp³-hybridized carbons (Fsp3) is 0.333. The molecule has 1 aliphatic heterocycles. The number of carbonyl (C=O) groups excluding carboxylic acids is 2. The van der Waals surface area contributed by atoms with Gasteiger partial charge in [0.1, 0.15) is 5.69 Å². The highest BCUT2D eigenvalue weighted by Gasteiger charge is 2.35. The Hall–Kier alpha value is -3.34. The molecule has 1 saturated heterocycles. The van der Waals surface area contributed by atoms with Crippen LogP contribution in [0, 0.1) is 16.0 Å². The first-order chi connectivity index (χ1) is 15.5. The van der Waals surface area contributed by atoms with Crippen molar-refractivity contribution in [2.75, 3.05) is 28.6 Å². The lowest BCUT2D eigenvalue weighted by Gasteiger charge is -2.32. The summed E-state index contributed by atoms with van der Waals surface area (Å²) in [5, 5.41) is 16.9. The molecule has 0 saturated carbocycles. The highest BCUT2D eigenvalue weighted by molar-refractivity contribution is 6.34. The lowest BCUT2D eigenvalue weighted by molar-refractivity contribution is -0.384. The van der Waals surface area contributed by atoms with E-state index in [-0.39, 0.29) is 35.6 Å². The molecule has 0 radical (unpaired) electrons. The molecule has 8 nitrogen and oxygen atoms in total. The molecule has 0 spiro atoms. The van der Waals surface area contributed by atoms with Gasteiger partial charge in [0.25, 0.3) is 5.69 Å². The maximum Gasteiger partial charge on any atom is 0.416 e. The number of nitrogens with zero attached hydrogens (tertiary/aromatic N) is 2. The fourth-order valence-corrected chi connectivity index (χ4v) is 3.86. The van der Waals surface area contributed by atoms with Gasteiger partial charge in [0, 0.05) is 37.7 Å². The maximum absolute atomic E-state index is 12.9. The number of carbonyl (C=O) groups is 2. The minimum Gasteiger partial charge on any atom is -0.366 e. The third kappa shape index (κ3) is 5.92. The van der Waals surface area contributed by atoms with Gasteiger partial charge in [0.15, 0.2) is 0 Å². The number of anilines is 3. The average molecular weight is 485 g/mol. The summed E-state index contributed by atoms with van der Waals surface area (Å²) < 4.78 is 38.8. The third-order valence-corrected chi connectivity index (χ3v) is 5.57. The predicted octanol–water partition coefficient (Wildman–Crippen LogP) is 5.08. The van der Waals surface area contributed by atoms with Crippen molar-refractivity contribution in [2.45, 2.75) is 25.9 Å². The quantitative estimate of drug-likeness (QED) is 0.455. The molecule has 2 N–H and O–H groups in total. The van der Waals surface area contributed by atoms with Crippen LogP contribution in [0.5, 0.6) is 0 Å². The van der Waals surface area contributed by atoms with Crippen LogP contribution < -0.4 is 15.5 Å². The van der Waals surface area contributed by atoms with Crippen molar-refractivity contribution in [3.05, 3.63) is 57.1 Å². The van der Waals surface area contributed by atoms with E-state index >= 15 is 0 Å². The molecule has 2 aromatic rings. The zero-order valence-electron chi connectivity index (χ0n) is 17.4. The van der Waals surface area contributed by atoms with Gasteiger partial charge in [0.2, 0.25) is 11.8 Å². The first-order valence-electron chi connectivity index (χ1n) is 9.94. The van der Waals surface area contributed by atoms with Crippen LogP contribution in [0.25, 0.3) is 0 Å². The normalized spacial score (nSPS) is 14.6. The first kappa shape index (κ1) is 24.3. The second-order valence-electron chi connectivity index (χ2n) is 7.58. The van der Waals surface area contributed by atoms with Crippen molar-refractivity contribution >= 4 is 46.2 Å². The molecular formula is C21H20ClF3N4O4. The number of amides is 2. The highest BCUT2D eigenvalue weighted by Crippen LogP contribution is 2.38. The van der Waals surface area contributed by atoms with Crippen LogP contribution in [-0.4, -0.2) is 29.8 Å². The number of nitro groups is 1. The van der Waals surface area contributed by atoms with Crippen molar-refractivity contribution < 1.29 is 27.7 Å². The molecule has 0 bridgehead atoms.